The third-order valence-electron chi connectivity index (χ3n) is 2.28. The molecule has 6 N–H and O–H groups in total. The number of aromatic amines is 3. The van der Waals surface area contributed by atoms with Crippen LogP contribution in [0.2, 0.25) is 0 Å². The zero-order chi connectivity index (χ0) is 19.4. The average molecular weight is 472 g/mol. The van der Waals surface area contributed by atoms with Crippen molar-refractivity contribution in [2.75, 3.05) is 0 Å². The molecule has 0 saturated heterocycles. The van der Waals surface area contributed by atoms with Crippen molar-refractivity contribution in [2.24, 2.45) is 0 Å². The van der Waals surface area contributed by atoms with Gasteiger partial charge in [0, 0.05) is 0 Å². The van der Waals surface area contributed by atoms with Crippen LogP contribution in [0.5, 0.6) is 0 Å². The number of hydrogen-bond acceptors (Lipinski definition) is 6. The number of rotatable bonds is 0. The molecule has 0 amide bonds. The molecule has 0 atom stereocenters. The van der Waals surface area contributed by atoms with Gasteiger partial charge in [0.25, 0.3) is 0 Å². The molecule has 3 aromatic heterocycles. The van der Waals surface area contributed by atoms with Crippen molar-refractivity contribution in [3.05, 3.63) is 52.4 Å². The predicted octanol–water partition coefficient (Wildman–Crippen LogP) is 1.27. The molecule has 3 rings (SSSR count). The van der Waals surface area contributed by atoms with Crippen molar-refractivity contribution in [3.8, 4) is 0 Å². The van der Waals surface area contributed by atoms with Gasteiger partial charge in [-0.15, -0.1) is 59.0 Å². The molecule has 0 unspecified atom stereocenters. The number of nitrogens with one attached hydrogen (secondary N) is 3. The fourth-order valence-corrected chi connectivity index (χ4v) is 1.48. The smallest absolute Gasteiger partial charge is 0.426 e. The summed E-state index contributed by atoms with van der Waals surface area (Å²) in [6.45, 7) is 11.5. The summed E-state index contributed by atoms with van der Waals surface area (Å²) in [5, 5.41) is 41.3. The molecule has 3 heterocycles. The standard InChI is InChI=1S/3C5H7N2.BH3O3.2ClH.Cr/c3*1-4-3-5(2)7-6-4;2-1(3)4;;;/h3*1-2H3,(H,6,7);2-4H;2*1H;/q3*-1;;;;+3. The first-order valence-corrected chi connectivity index (χ1v) is 7.37. The maximum absolute atomic E-state index is 7.17. The van der Waals surface area contributed by atoms with E-state index >= 15 is 0 Å². The Morgan fingerprint density at radius 1 is 0.607 bits per heavy atom. The van der Waals surface area contributed by atoms with Crippen molar-refractivity contribution in [1.82, 2.24) is 30.6 Å². The first-order valence-electron chi connectivity index (χ1n) is 7.37. The topological polar surface area (TPSA) is 147 Å². The molecule has 28 heavy (non-hydrogen) atoms. The van der Waals surface area contributed by atoms with Gasteiger partial charge in [0.2, 0.25) is 0 Å². The number of aromatic nitrogens is 6. The van der Waals surface area contributed by atoms with Gasteiger partial charge in [-0.3, -0.25) is 0 Å². The second-order valence-electron chi connectivity index (χ2n) is 5.02. The second-order valence-corrected chi connectivity index (χ2v) is 5.02. The molecule has 0 aromatic carbocycles. The molecule has 0 aliphatic rings. The molecule has 0 aliphatic heterocycles. The summed E-state index contributed by atoms with van der Waals surface area (Å²) in [5.74, 6) is 0. The third kappa shape index (κ3) is 21.0. The van der Waals surface area contributed by atoms with Crippen molar-refractivity contribution < 1.29 is 32.4 Å². The summed E-state index contributed by atoms with van der Waals surface area (Å²) >= 11 is 0. The molecule has 157 valence electrons. The van der Waals surface area contributed by atoms with Gasteiger partial charge < -0.3 is 48.6 Å². The Morgan fingerprint density at radius 3 is 0.821 bits per heavy atom. The Balaban J connectivity index is -0.000000135. The Hall–Kier alpha value is -1.31. The van der Waals surface area contributed by atoms with Crippen LogP contribution in [0.1, 0.15) is 34.2 Å². The molecular weight excluding hydrogens is 446 g/mol. The van der Waals surface area contributed by atoms with Crippen LogP contribution in [-0.4, -0.2) is 53.0 Å². The minimum atomic E-state index is -2.17. The minimum Gasteiger partial charge on any atom is -0.426 e. The van der Waals surface area contributed by atoms with Crippen LogP contribution in [0.15, 0.2) is 0 Å². The number of nitrogens with zero attached hydrogens (tertiary/aromatic N) is 3. The van der Waals surface area contributed by atoms with Crippen LogP contribution in [-0.2, 0) is 17.4 Å². The summed E-state index contributed by atoms with van der Waals surface area (Å²) in [4.78, 5) is 0. The average Bonchev–Trinajstić information content (AvgIpc) is 3.15. The van der Waals surface area contributed by atoms with Gasteiger partial charge in [-0.25, -0.2) is 15.3 Å². The summed E-state index contributed by atoms with van der Waals surface area (Å²) in [5.41, 5.74) is 5.78. The van der Waals surface area contributed by atoms with Crippen LogP contribution < -0.4 is 0 Å². The first-order chi connectivity index (χ1) is 11.6. The quantitative estimate of drug-likeness (QED) is 0.215. The fourth-order valence-electron chi connectivity index (χ4n) is 1.48. The van der Waals surface area contributed by atoms with E-state index in [1.807, 2.05) is 41.5 Å². The Labute approximate surface area is 188 Å². The van der Waals surface area contributed by atoms with E-state index in [1.165, 1.54) is 0 Å². The number of halogens is 2. The molecule has 9 nitrogen and oxygen atoms in total. The van der Waals surface area contributed by atoms with Crippen LogP contribution in [0.25, 0.3) is 0 Å². The van der Waals surface area contributed by atoms with Crippen molar-refractivity contribution in [1.29, 1.82) is 0 Å². The third-order valence-corrected chi connectivity index (χ3v) is 2.28. The Morgan fingerprint density at radius 2 is 0.786 bits per heavy atom. The van der Waals surface area contributed by atoms with E-state index in [0.717, 1.165) is 34.2 Å². The first kappa shape index (κ1) is 34.2. The van der Waals surface area contributed by atoms with Gasteiger partial charge >= 0.3 is 24.7 Å². The SMILES string of the molecule is Cc1[c-]c(C)[nH]n1.Cc1[c-]c(C)[nH]n1.Cc1[c-]c(C)[nH]n1.Cl.Cl.OB(O)O.[Cr+3]. The normalized spacial score (nSPS) is 8.04. The van der Waals surface area contributed by atoms with Gasteiger partial charge in [-0.1, -0.05) is 41.5 Å². The Bertz CT molecular complexity index is 581. The predicted molar refractivity (Wildman–Crippen MR) is 108 cm³/mol. The molecule has 0 fully saturated rings. The largest absolute Gasteiger partial charge is 3.00 e. The molecule has 0 spiro atoms. The Kier molecular flexibility index (Phi) is 23.2. The minimum absolute atomic E-state index is 0. The second kappa shape index (κ2) is 19.0. The zero-order valence-corrected chi connectivity index (χ0v) is 19.4. The van der Waals surface area contributed by atoms with E-state index in [2.05, 4.69) is 48.8 Å². The van der Waals surface area contributed by atoms with Crippen LogP contribution in [0.4, 0.5) is 0 Å². The van der Waals surface area contributed by atoms with Crippen LogP contribution in [0, 0.1) is 59.7 Å². The van der Waals surface area contributed by atoms with E-state index in [4.69, 9.17) is 15.1 Å². The van der Waals surface area contributed by atoms with Gasteiger partial charge in [0.1, 0.15) is 0 Å². The van der Waals surface area contributed by atoms with Crippen molar-refractivity contribution >= 4 is 32.1 Å². The van der Waals surface area contributed by atoms with Gasteiger partial charge in [-0.05, 0) is 0 Å². The fraction of sp³-hybridized carbons (Fsp3) is 0.400. The maximum Gasteiger partial charge on any atom is 3.00 e. The molecule has 0 bridgehead atoms. The van der Waals surface area contributed by atoms with Crippen LogP contribution >= 0.6 is 24.8 Å². The summed E-state index contributed by atoms with van der Waals surface area (Å²) < 4.78 is 0. The van der Waals surface area contributed by atoms with E-state index in [1.54, 1.807) is 0 Å². The monoisotopic (exact) mass is 471 g/mol. The molecule has 0 aliphatic carbocycles. The molecule has 3 aromatic rings. The van der Waals surface area contributed by atoms with Crippen LogP contribution in [0.3, 0.4) is 0 Å². The van der Waals surface area contributed by atoms with Crippen molar-refractivity contribution in [2.45, 2.75) is 41.5 Å². The zero-order valence-electron chi connectivity index (χ0n) is 16.5. The summed E-state index contributed by atoms with van der Waals surface area (Å²) in [7, 11) is -2.17. The van der Waals surface area contributed by atoms with Gasteiger partial charge in [0.05, 0.1) is 0 Å². The maximum atomic E-state index is 7.17. The van der Waals surface area contributed by atoms with E-state index in [-0.39, 0.29) is 42.2 Å². The van der Waals surface area contributed by atoms with Gasteiger partial charge in [-0.2, -0.15) is 0 Å². The number of H-pyrrole nitrogens is 3. The van der Waals surface area contributed by atoms with E-state index in [0.29, 0.717) is 0 Å². The number of hydrogen-bond donors (Lipinski definition) is 6. The molecule has 13 heteroatoms. The van der Waals surface area contributed by atoms with E-state index < -0.39 is 7.32 Å². The number of aryl methyl sites for hydroxylation is 6. The molecular formula is C15H26BCl2CrN6O3. The van der Waals surface area contributed by atoms with E-state index in [9.17, 15) is 0 Å². The molecule has 1 radical (unpaired) electrons. The van der Waals surface area contributed by atoms with Crippen molar-refractivity contribution in [3.63, 3.8) is 0 Å². The summed E-state index contributed by atoms with van der Waals surface area (Å²) in [6, 6.07) is 8.92. The summed E-state index contributed by atoms with van der Waals surface area (Å²) in [6.07, 6.45) is 0. The molecule has 0 saturated carbocycles. The van der Waals surface area contributed by atoms with Gasteiger partial charge in [0.15, 0.2) is 0 Å².